The van der Waals surface area contributed by atoms with Crippen LogP contribution in [0, 0.1) is 0 Å². The molecule has 1 aliphatic rings. The van der Waals surface area contributed by atoms with Crippen molar-refractivity contribution in [2.75, 3.05) is 11.9 Å². The van der Waals surface area contributed by atoms with Gasteiger partial charge in [0, 0.05) is 18.3 Å². The fourth-order valence-electron chi connectivity index (χ4n) is 2.77. The third-order valence-electron chi connectivity index (χ3n) is 4.21. The molecule has 0 unspecified atom stereocenters. The van der Waals surface area contributed by atoms with Gasteiger partial charge in [0.2, 0.25) is 0 Å². The lowest BCUT2D eigenvalue weighted by Gasteiger charge is -2.37. The Bertz CT molecular complexity index is 480. The smallest absolute Gasteiger partial charge is 0.305 e. The molecule has 104 valence electrons. The van der Waals surface area contributed by atoms with Gasteiger partial charge in [-0.15, -0.1) is 0 Å². The standard InChI is InChI=1S/C16H23NO2/c1-16(2,11-15(18)19)17(3)14-9-8-12-6-4-5-7-13(12)10-14/h8-10H,4-7,11H2,1-3H3,(H,18,19). The van der Waals surface area contributed by atoms with Crippen molar-refractivity contribution in [3.8, 4) is 0 Å². The number of anilines is 1. The van der Waals surface area contributed by atoms with E-state index in [4.69, 9.17) is 5.11 Å². The minimum atomic E-state index is -0.755. The minimum Gasteiger partial charge on any atom is -0.481 e. The molecule has 1 N–H and O–H groups in total. The highest BCUT2D eigenvalue weighted by Crippen LogP contribution is 2.30. The Balaban J connectivity index is 2.23. The van der Waals surface area contributed by atoms with Gasteiger partial charge in [-0.05, 0) is 62.8 Å². The van der Waals surface area contributed by atoms with Crippen molar-refractivity contribution in [2.45, 2.75) is 51.5 Å². The quantitative estimate of drug-likeness (QED) is 0.904. The maximum absolute atomic E-state index is 11.0. The van der Waals surface area contributed by atoms with Crippen LogP contribution in [0.25, 0.3) is 0 Å². The van der Waals surface area contributed by atoms with Gasteiger partial charge in [0.15, 0.2) is 0 Å². The van der Waals surface area contributed by atoms with Crippen LogP contribution in [0.2, 0.25) is 0 Å². The number of rotatable bonds is 4. The summed E-state index contributed by atoms with van der Waals surface area (Å²) in [6, 6.07) is 6.56. The zero-order valence-corrected chi connectivity index (χ0v) is 12.1. The number of hydrogen-bond acceptors (Lipinski definition) is 2. The molecule has 0 bridgehead atoms. The Kier molecular flexibility index (Phi) is 3.83. The predicted molar refractivity (Wildman–Crippen MR) is 77.8 cm³/mol. The molecule has 0 fully saturated rings. The van der Waals surface area contributed by atoms with Crippen molar-refractivity contribution in [3.05, 3.63) is 29.3 Å². The first-order chi connectivity index (χ1) is 8.90. The van der Waals surface area contributed by atoms with E-state index in [1.165, 1.54) is 30.4 Å². The molecule has 3 nitrogen and oxygen atoms in total. The number of carboxylic acids is 1. The number of aryl methyl sites for hydroxylation is 2. The molecule has 0 heterocycles. The number of carboxylic acid groups (broad SMARTS) is 1. The maximum Gasteiger partial charge on any atom is 0.305 e. The molecule has 1 aromatic carbocycles. The van der Waals surface area contributed by atoms with E-state index in [2.05, 4.69) is 23.1 Å². The van der Waals surface area contributed by atoms with Crippen LogP contribution in [0.5, 0.6) is 0 Å². The molecule has 2 rings (SSSR count). The van der Waals surface area contributed by atoms with E-state index in [1.807, 2.05) is 20.9 Å². The topological polar surface area (TPSA) is 40.5 Å². The summed E-state index contributed by atoms with van der Waals surface area (Å²) < 4.78 is 0. The summed E-state index contributed by atoms with van der Waals surface area (Å²) in [5, 5.41) is 9.01. The van der Waals surface area contributed by atoms with Gasteiger partial charge in [0.25, 0.3) is 0 Å². The Morgan fingerprint density at radius 1 is 1.26 bits per heavy atom. The first-order valence-electron chi connectivity index (χ1n) is 6.97. The second-order valence-electron chi connectivity index (χ2n) is 6.10. The second-order valence-corrected chi connectivity index (χ2v) is 6.10. The fourth-order valence-corrected chi connectivity index (χ4v) is 2.77. The summed E-state index contributed by atoms with van der Waals surface area (Å²) in [6.45, 7) is 3.95. The Labute approximate surface area is 115 Å². The molecule has 3 heteroatoms. The van der Waals surface area contributed by atoms with E-state index < -0.39 is 5.97 Å². The van der Waals surface area contributed by atoms with Gasteiger partial charge in [-0.2, -0.15) is 0 Å². The van der Waals surface area contributed by atoms with Crippen LogP contribution in [-0.4, -0.2) is 23.7 Å². The summed E-state index contributed by atoms with van der Waals surface area (Å²) in [5.41, 5.74) is 3.63. The van der Waals surface area contributed by atoms with E-state index in [0.29, 0.717) is 0 Å². The van der Waals surface area contributed by atoms with Crippen LogP contribution in [0.1, 0.15) is 44.2 Å². The summed E-state index contributed by atoms with van der Waals surface area (Å²) in [4.78, 5) is 13.0. The highest BCUT2D eigenvalue weighted by molar-refractivity contribution is 5.69. The lowest BCUT2D eigenvalue weighted by atomic mass is 9.90. The Morgan fingerprint density at radius 3 is 2.53 bits per heavy atom. The molecule has 19 heavy (non-hydrogen) atoms. The number of fused-ring (bicyclic) bond motifs is 1. The molecule has 0 amide bonds. The third-order valence-corrected chi connectivity index (χ3v) is 4.21. The van der Waals surface area contributed by atoms with Crippen molar-refractivity contribution in [2.24, 2.45) is 0 Å². The molecule has 0 spiro atoms. The van der Waals surface area contributed by atoms with Crippen molar-refractivity contribution in [1.82, 2.24) is 0 Å². The van der Waals surface area contributed by atoms with Crippen molar-refractivity contribution >= 4 is 11.7 Å². The van der Waals surface area contributed by atoms with Gasteiger partial charge in [-0.25, -0.2) is 0 Å². The first-order valence-corrected chi connectivity index (χ1v) is 6.97. The minimum absolute atomic E-state index is 0.139. The summed E-state index contributed by atoms with van der Waals surface area (Å²) >= 11 is 0. The van der Waals surface area contributed by atoms with Gasteiger partial charge in [-0.1, -0.05) is 6.07 Å². The zero-order chi connectivity index (χ0) is 14.0. The van der Waals surface area contributed by atoms with Gasteiger partial charge in [-0.3, -0.25) is 4.79 Å². The van der Waals surface area contributed by atoms with Gasteiger partial charge in [0.1, 0.15) is 0 Å². The molecule has 0 aromatic heterocycles. The summed E-state index contributed by atoms with van der Waals surface area (Å²) in [7, 11) is 1.98. The SMILES string of the molecule is CN(c1ccc2c(c1)CCCC2)C(C)(C)CC(=O)O. The molecule has 0 saturated carbocycles. The number of aliphatic carboxylic acids is 1. The lowest BCUT2D eigenvalue weighted by molar-refractivity contribution is -0.138. The van der Waals surface area contributed by atoms with Crippen LogP contribution in [0.4, 0.5) is 5.69 Å². The van der Waals surface area contributed by atoms with Gasteiger partial charge < -0.3 is 10.0 Å². The van der Waals surface area contributed by atoms with E-state index in [-0.39, 0.29) is 12.0 Å². The van der Waals surface area contributed by atoms with Crippen LogP contribution in [-0.2, 0) is 17.6 Å². The molecule has 1 aliphatic carbocycles. The van der Waals surface area contributed by atoms with Gasteiger partial charge >= 0.3 is 5.97 Å². The van der Waals surface area contributed by atoms with E-state index in [0.717, 1.165) is 12.1 Å². The maximum atomic E-state index is 11.0. The lowest BCUT2D eigenvalue weighted by Crippen LogP contribution is -2.43. The molecule has 0 aliphatic heterocycles. The van der Waals surface area contributed by atoms with E-state index in [1.54, 1.807) is 0 Å². The second kappa shape index (κ2) is 5.24. The average Bonchev–Trinajstić information content (AvgIpc) is 2.35. The number of carbonyl (C=O) groups is 1. The Hall–Kier alpha value is -1.51. The van der Waals surface area contributed by atoms with Crippen molar-refractivity contribution < 1.29 is 9.90 Å². The molecule has 0 atom stereocenters. The summed E-state index contributed by atoms with van der Waals surface area (Å²) in [6.07, 6.45) is 5.01. The fraction of sp³-hybridized carbons (Fsp3) is 0.562. The third kappa shape index (κ3) is 3.09. The molecule has 1 aromatic rings. The summed E-state index contributed by atoms with van der Waals surface area (Å²) in [5.74, 6) is -0.755. The number of benzene rings is 1. The van der Waals surface area contributed by atoms with Gasteiger partial charge in [0.05, 0.1) is 6.42 Å². The molecular weight excluding hydrogens is 238 g/mol. The van der Waals surface area contributed by atoms with Crippen LogP contribution in [0.3, 0.4) is 0 Å². The van der Waals surface area contributed by atoms with Crippen molar-refractivity contribution in [3.63, 3.8) is 0 Å². The molecule has 0 radical (unpaired) electrons. The molecule has 0 saturated heterocycles. The van der Waals surface area contributed by atoms with E-state index in [9.17, 15) is 4.79 Å². The van der Waals surface area contributed by atoms with Crippen molar-refractivity contribution in [1.29, 1.82) is 0 Å². The van der Waals surface area contributed by atoms with Crippen LogP contribution >= 0.6 is 0 Å². The molecular formula is C16H23NO2. The largest absolute Gasteiger partial charge is 0.481 e. The highest BCUT2D eigenvalue weighted by Gasteiger charge is 2.27. The Morgan fingerprint density at radius 2 is 1.89 bits per heavy atom. The van der Waals surface area contributed by atoms with E-state index >= 15 is 0 Å². The van der Waals surface area contributed by atoms with Crippen LogP contribution in [0.15, 0.2) is 18.2 Å². The first kappa shape index (κ1) is 13.9. The highest BCUT2D eigenvalue weighted by atomic mass is 16.4. The predicted octanol–water partition coefficient (Wildman–Crippen LogP) is 3.25. The average molecular weight is 261 g/mol. The normalized spacial score (nSPS) is 14.9. The number of nitrogens with zero attached hydrogens (tertiary/aromatic N) is 1. The number of hydrogen-bond donors (Lipinski definition) is 1. The van der Waals surface area contributed by atoms with Crippen LogP contribution < -0.4 is 4.90 Å². The zero-order valence-electron chi connectivity index (χ0n) is 12.1. The monoisotopic (exact) mass is 261 g/mol.